The van der Waals surface area contributed by atoms with Crippen LogP contribution in [0, 0.1) is 12.7 Å². The average Bonchev–Trinajstić information content (AvgIpc) is 2.81. The zero-order valence-corrected chi connectivity index (χ0v) is 9.77. The third-order valence-electron chi connectivity index (χ3n) is 2.65. The fourth-order valence-electron chi connectivity index (χ4n) is 1.39. The van der Waals surface area contributed by atoms with Crippen LogP contribution < -0.4 is 5.73 Å². The van der Waals surface area contributed by atoms with Crippen LogP contribution in [0.1, 0.15) is 24.3 Å². The third kappa shape index (κ3) is 2.34. The summed E-state index contributed by atoms with van der Waals surface area (Å²) in [4.78, 5) is 4.20. The van der Waals surface area contributed by atoms with Crippen molar-refractivity contribution < 1.29 is 8.91 Å². The second-order valence-corrected chi connectivity index (χ2v) is 4.06. The Morgan fingerprint density at radius 1 is 1.47 bits per heavy atom. The molecule has 0 aliphatic rings. The molecule has 2 rings (SSSR count). The van der Waals surface area contributed by atoms with Crippen molar-refractivity contribution >= 4 is 0 Å². The van der Waals surface area contributed by atoms with Gasteiger partial charge in [0.2, 0.25) is 11.7 Å². The molecule has 0 saturated heterocycles. The minimum absolute atomic E-state index is 0.00606. The molecular formula is C12H14FN3O. The third-order valence-corrected chi connectivity index (χ3v) is 2.65. The molecule has 90 valence electrons. The largest absolute Gasteiger partial charge is 0.339 e. The number of halogens is 1. The maximum atomic E-state index is 13.4. The van der Waals surface area contributed by atoms with E-state index in [9.17, 15) is 4.39 Å². The molecule has 0 spiro atoms. The summed E-state index contributed by atoms with van der Waals surface area (Å²) in [7, 11) is 0. The summed E-state index contributed by atoms with van der Waals surface area (Å²) in [5, 5.41) is 3.82. The van der Waals surface area contributed by atoms with Crippen molar-refractivity contribution in [2.45, 2.75) is 19.8 Å². The highest BCUT2D eigenvalue weighted by Gasteiger charge is 2.14. The van der Waals surface area contributed by atoms with Gasteiger partial charge in [0.15, 0.2) is 0 Å². The SMILES string of the molecule is Cc1ccc(-c2noc(C(C)CN)n2)cc1F. The van der Waals surface area contributed by atoms with Gasteiger partial charge in [0.25, 0.3) is 0 Å². The highest BCUT2D eigenvalue weighted by Crippen LogP contribution is 2.21. The van der Waals surface area contributed by atoms with Gasteiger partial charge < -0.3 is 10.3 Å². The zero-order valence-electron chi connectivity index (χ0n) is 9.77. The monoisotopic (exact) mass is 235 g/mol. The maximum absolute atomic E-state index is 13.4. The summed E-state index contributed by atoms with van der Waals surface area (Å²) in [5.41, 5.74) is 6.70. The fourth-order valence-corrected chi connectivity index (χ4v) is 1.39. The van der Waals surface area contributed by atoms with E-state index in [4.69, 9.17) is 10.3 Å². The molecule has 5 heteroatoms. The van der Waals surface area contributed by atoms with Crippen molar-refractivity contribution in [3.63, 3.8) is 0 Å². The molecule has 2 N–H and O–H groups in total. The highest BCUT2D eigenvalue weighted by molar-refractivity contribution is 5.54. The Kier molecular flexibility index (Phi) is 3.19. The van der Waals surface area contributed by atoms with Crippen molar-refractivity contribution in [3.8, 4) is 11.4 Å². The summed E-state index contributed by atoms with van der Waals surface area (Å²) < 4.78 is 18.5. The minimum atomic E-state index is -0.277. The predicted molar refractivity (Wildman–Crippen MR) is 61.9 cm³/mol. The summed E-state index contributed by atoms with van der Waals surface area (Å²) >= 11 is 0. The normalized spacial score (nSPS) is 12.7. The van der Waals surface area contributed by atoms with Gasteiger partial charge in [-0.3, -0.25) is 0 Å². The topological polar surface area (TPSA) is 64.9 Å². The Balaban J connectivity index is 2.33. The van der Waals surface area contributed by atoms with Gasteiger partial charge in [-0.25, -0.2) is 4.39 Å². The maximum Gasteiger partial charge on any atom is 0.231 e. The lowest BCUT2D eigenvalue weighted by Crippen LogP contribution is -2.08. The van der Waals surface area contributed by atoms with E-state index in [0.29, 0.717) is 29.4 Å². The molecule has 1 unspecified atom stereocenters. The number of nitrogens with two attached hydrogens (primary N) is 1. The molecule has 1 aromatic carbocycles. The molecule has 2 aromatic rings. The van der Waals surface area contributed by atoms with Gasteiger partial charge in [0.05, 0.1) is 0 Å². The lowest BCUT2D eigenvalue weighted by molar-refractivity contribution is 0.361. The Labute approximate surface area is 98.6 Å². The van der Waals surface area contributed by atoms with Crippen LogP contribution >= 0.6 is 0 Å². The molecule has 17 heavy (non-hydrogen) atoms. The standard InChI is InChI=1S/C12H14FN3O/c1-7-3-4-9(5-10(7)13)11-15-12(17-16-11)8(2)6-14/h3-5,8H,6,14H2,1-2H3. The molecule has 1 aromatic heterocycles. The molecule has 0 radical (unpaired) electrons. The van der Waals surface area contributed by atoms with E-state index in [1.165, 1.54) is 6.07 Å². The Morgan fingerprint density at radius 2 is 2.24 bits per heavy atom. The van der Waals surface area contributed by atoms with Gasteiger partial charge in [-0.15, -0.1) is 0 Å². The van der Waals surface area contributed by atoms with Crippen LogP contribution in [-0.2, 0) is 0 Å². The quantitative estimate of drug-likeness (QED) is 0.886. The molecule has 0 saturated carbocycles. The van der Waals surface area contributed by atoms with Crippen LogP contribution in [0.3, 0.4) is 0 Å². The van der Waals surface area contributed by atoms with Crippen LogP contribution in [0.2, 0.25) is 0 Å². The summed E-state index contributed by atoms with van der Waals surface area (Å²) in [6.07, 6.45) is 0. The van der Waals surface area contributed by atoms with Gasteiger partial charge >= 0.3 is 0 Å². The Bertz CT molecular complexity index is 524. The first kappa shape index (κ1) is 11.7. The minimum Gasteiger partial charge on any atom is -0.339 e. The summed E-state index contributed by atoms with van der Waals surface area (Å²) in [6.45, 7) is 4.04. The van der Waals surface area contributed by atoms with E-state index in [2.05, 4.69) is 10.1 Å². The van der Waals surface area contributed by atoms with Gasteiger partial charge in [-0.05, 0) is 18.6 Å². The lowest BCUT2D eigenvalue weighted by Gasteiger charge is -1.99. The van der Waals surface area contributed by atoms with Crippen molar-refractivity contribution in [1.29, 1.82) is 0 Å². The number of hydrogen-bond acceptors (Lipinski definition) is 4. The first-order chi connectivity index (χ1) is 8.11. The molecule has 0 bridgehead atoms. The second-order valence-electron chi connectivity index (χ2n) is 4.06. The molecule has 1 atom stereocenters. The molecule has 1 heterocycles. The van der Waals surface area contributed by atoms with Gasteiger partial charge in [0.1, 0.15) is 5.82 Å². The number of nitrogens with zero attached hydrogens (tertiary/aromatic N) is 2. The van der Waals surface area contributed by atoms with E-state index >= 15 is 0 Å². The summed E-state index contributed by atoms with van der Waals surface area (Å²) in [5.74, 6) is 0.593. The number of rotatable bonds is 3. The van der Waals surface area contributed by atoms with Gasteiger partial charge in [-0.1, -0.05) is 24.2 Å². The molecule has 0 aliphatic carbocycles. The van der Waals surface area contributed by atoms with Gasteiger partial charge in [-0.2, -0.15) is 4.98 Å². The van der Waals surface area contributed by atoms with Crippen molar-refractivity contribution in [1.82, 2.24) is 10.1 Å². The van der Waals surface area contributed by atoms with Crippen LogP contribution in [0.5, 0.6) is 0 Å². The van der Waals surface area contributed by atoms with Crippen molar-refractivity contribution in [2.75, 3.05) is 6.54 Å². The van der Waals surface area contributed by atoms with E-state index in [0.717, 1.165) is 0 Å². The first-order valence-corrected chi connectivity index (χ1v) is 5.42. The smallest absolute Gasteiger partial charge is 0.231 e. The lowest BCUT2D eigenvalue weighted by atomic mass is 10.1. The van der Waals surface area contributed by atoms with E-state index in [1.807, 2.05) is 6.92 Å². The molecule has 0 aliphatic heterocycles. The molecule has 0 fully saturated rings. The van der Waals surface area contributed by atoms with Crippen LogP contribution in [0.25, 0.3) is 11.4 Å². The summed E-state index contributed by atoms with van der Waals surface area (Å²) in [6, 6.07) is 4.85. The molecule has 0 amide bonds. The number of hydrogen-bond donors (Lipinski definition) is 1. The van der Waals surface area contributed by atoms with Crippen LogP contribution in [0.4, 0.5) is 4.39 Å². The van der Waals surface area contributed by atoms with E-state index < -0.39 is 0 Å². The van der Waals surface area contributed by atoms with Crippen LogP contribution in [0.15, 0.2) is 22.7 Å². The number of aryl methyl sites for hydroxylation is 1. The van der Waals surface area contributed by atoms with Crippen LogP contribution in [-0.4, -0.2) is 16.7 Å². The average molecular weight is 235 g/mol. The first-order valence-electron chi connectivity index (χ1n) is 5.42. The van der Waals surface area contributed by atoms with Gasteiger partial charge in [0, 0.05) is 18.0 Å². The zero-order chi connectivity index (χ0) is 12.4. The Hall–Kier alpha value is -1.75. The molecular weight excluding hydrogens is 221 g/mol. The van der Waals surface area contributed by atoms with E-state index in [-0.39, 0.29) is 11.7 Å². The predicted octanol–water partition coefficient (Wildman–Crippen LogP) is 2.25. The number of benzene rings is 1. The second kappa shape index (κ2) is 4.63. The van der Waals surface area contributed by atoms with Crippen molar-refractivity contribution in [3.05, 3.63) is 35.5 Å². The van der Waals surface area contributed by atoms with E-state index in [1.54, 1.807) is 19.1 Å². The Morgan fingerprint density at radius 3 is 2.88 bits per heavy atom. The highest BCUT2D eigenvalue weighted by atomic mass is 19.1. The fraction of sp³-hybridized carbons (Fsp3) is 0.333. The number of aromatic nitrogens is 2. The van der Waals surface area contributed by atoms with Crippen molar-refractivity contribution in [2.24, 2.45) is 5.73 Å². The molecule has 4 nitrogen and oxygen atoms in total.